The van der Waals surface area contributed by atoms with E-state index in [1.165, 1.54) is 12.8 Å². The van der Waals surface area contributed by atoms with Crippen LogP contribution in [-0.4, -0.2) is 65.8 Å². The lowest BCUT2D eigenvalue weighted by atomic mass is 10.1. The molecule has 5 heteroatoms. The Kier molecular flexibility index (Phi) is 4.83. The summed E-state index contributed by atoms with van der Waals surface area (Å²) in [7, 11) is 0. The first-order chi connectivity index (χ1) is 8.70. The van der Waals surface area contributed by atoms with E-state index in [2.05, 4.69) is 17.1 Å². The van der Waals surface area contributed by atoms with Gasteiger partial charge < -0.3 is 15.3 Å². The normalized spacial score (nSPS) is 24.4. The number of urea groups is 1. The summed E-state index contributed by atoms with van der Waals surface area (Å²) < 4.78 is 0. The fourth-order valence-corrected chi connectivity index (χ4v) is 2.60. The van der Waals surface area contributed by atoms with Gasteiger partial charge in [-0.25, -0.2) is 4.79 Å². The first-order valence-electron chi connectivity index (χ1n) is 7.15. The van der Waals surface area contributed by atoms with Gasteiger partial charge in [0, 0.05) is 32.2 Å². The van der Waals surface area contributed by atoms with Crippen molar-refractivity contribution >= 4 is 6.03 Å². The molecule has 18 heavy (non-hydrogen) atoms. The van der Waals surface area contributed by atoms with Gasteiger partial charge in [0.15, 0.2) is 0 Å². The van der Waals surface area contributed by atoms with E-state index < -0.39 is 0 Å². The third-order valence-corrected chi connectivity index (χ3v) is 3.83. The number of aliphatic hydroxyl groups is 1. The number of nitrogens with one attached hydrogen (secondary N) is 1. The number of β-amino-alcohol motifs (C(OH)–C–C–N with tert-alkyl or cyclic N) is 1. The molecule has 1 atom stereocenters. The van der Waals surface area contributed by atoms with Gasteiger partial charge in [-0.3, -0.25) is 4.90 Å². The van der Waals surface area contributed by atoms with Crippen LogP contribution in [0.25, 0.3) is 0 Å². The maximum Gasteiger partial charge on any atom is 0.317 e. The lowest BCUT2D eigenvalue weighted by molar-refractivity contribution is 0.0840. The van der Waals surface area contributed by atoms with Crippen molar-refractivity contribution in [2.75, 3.05) is 32.7 Å². The van der Waals surface area contributed by atoms with Crippen molar-refractivity contribution in [3.63, 3.8) is 0 Å². The Balaban J connectivity index is 1.64. The van der Waals surface area contributed by atoms with Crippen molar-refractivity contribution in [1.82, 2.24) is 15.1 Å². The molecule has 1 unspecified atom stereocenters. The van der Waals surface area contributed by atoms with Crippen molar-refractivity contribution in [1.29, 1.82) is 0 Å². The zero-order chi connectivity index (χ0) is 13.0. The minimum Gasteiger partial charge on any atom is -0.391 e. The molecule has 1 saturated carbocycles. The highest BCUT2D eigenvalue weighted by Gasteiger charge is 2.27. The van der Waals surface area contributed by atoms with E-state index in [1.54, 1.807) is 4.90 Å². The molecule has 2 rings (SSSR count). The van der Waals surface area contributed by atoms with Gasteiger partial charge in [-0.2, -0.15) is 0 Å². The Labute approximate surface area is 109 Å². The van der Waals surface area contributed by atoms with Crippen molar-refractivity contribution in [3.8, 4) is 0 Å². The number of likely N-dealkylation sites (N-methyl/N-ethyl adjacent to an activating group) is 1. The topological polar surface area (TPSA) is 55.8 Å². The second-order valence-corrected chi connectivity index (χ2v) is 5.33. The van der Waals surface area contributed by atoms with Crippen LogP contribution >= 0.6 is 0 Å². The summed E-state index contributed by atoms with van der Waals surface area (Å²) in [6, 6.07) is 0.726. The average Bonchev–Trinajstić information content (AvgIpc) is 3.18. The summed E-state index contributed by atoms with van der Waals surface area (Å²) in [5.74, 6) is 0. The average molecular weight is 255 g/mol. The molecule has 5 nitrogen and oxygen atoms in total. The van der Waals surface area contributed by atoms with Crippen LogP contribution in [-0.2, 0) is 0 Å². The van der Waals surface area contributed by atoms with Crippen LogP contribution in [0.1, 0.15) is 32.6 Å². The summed E-state index contributed by atoms with van der Waals surface area (Å²) >= 11 is 0. The first-order valence-corrected chi connectivity index (χ1v) is 7.15. The minimum atomic E-state index is -0.344. The van der Waals surface area contributed by atoms with Gasteiger partial charge >= 0.3 is 6.03 Å². The zero-order valence-electron chi connectivity index (χ0n) is 11.3. The fourth-order valence-electron chi connectivity index (χ4n) is 2.60. The van der Waals surface area contributed by atoms with E-state index in [0.29, 0.717) is 13.1 Å². The number of rotatable bonds is 5. The number of amides is 2. The Morgan fingerprint density at radius 1 is 1.44 bits per heavy atom. The number of piperidine rings is 1. The Morgan fingerprint density at radius 3 is 2.83 bits per heavy atom. The van der Waals surface area contributed by atoms with Gasteiger partial charge in [0.2, 0.25) is 0 Å². The zero-order valence-corrected chi connectivity index (χ0v) is 11.3. The third kappa shape index (κ3) is 3.85. The molecule has 1 aliphatic carbocycles. The van der Waals surface area contributed by atoms with Crippen LogP contribution in [0.5, 0.6) is 0 Å². The predicted molar refractivity (Wildman–Crippen MR) is 70.5 cm³/mol. The van der Waals surface area contributed by atoms with Crippen LogP contribution in [0, 0.1) is 0 Å². The molecule has 1 saturated heterocycles. The summed E-state index contributed by atoms with van der Waals surface area (Å²) in [6.45, 7) is 6.11. The highest BCUT2D eigenvalue weighted by atomic mass is 16.3. The number of aliphatic hydroxyl groups excluding tert-OH is 1. The quantitative estimate of drug-likeness (QED) is 0.758. The van der Waals surface area contributed by atoms with E-state index in [1.807, 2.05) is 0 Å². The standard InChI is InChI=1S/C13H25N3O2/c1-2-15(11-5-6-11)9-7-14-13(18)16-8-3-4-12(17)10-16/h11-12,17H,2-10H2,1H3,(H,14,18). The molecular formula is C13H25N3O2. The van der Waals surface area contributed by atoms with Gasteiger partial charge in [-0.15, -0.1) is 0 Å². The van der Waals surface area contributed by atoms with Gasteiger partial charge in [0.05, 0.1) is 6.10 Å². The van der Waals surface area contributed by atoms with E-state index >= 15 is 0 Å². The molecule has 0 aromatic rings. The van der Waals surface area contributed by atoms with Crippen LogP contribution in [0.2, 0.25) is 0 Å². The van der Waals surface area contributed by atoms with E-state index in [-0.39, 0.29) is 12.1 Å². The van der Waals surface area contributed by atoms with Crippen LogP contribution < -0.4 is 5.32 Å². The summed E-state index contributed by atoms with van der Waals surface area (Å²) in [5, 5.41) is 12.5. The number of hydrogen-bond acceptors (Lipinski definition) is 3. The van der Waals surface area contributed by atoms with Gasteiger partial charge in [-0.05, 0) is 32.2 Å². The van der Waals surface area contributed by atoms with Gasteiger partial charge in [0.1, 0.15) is 0 Å². The molecule has 2 amide bonds. The maximum absolute atomic E-state index is 11.9. The smallest absolute Gasteiger partial charge is 0.317 e. The van der Waals surface area contributed by atoms with Crippen LogP contribution in [0.15, 0.2) is 0 Å². The molecule has 0 aromatic carbocycles. The molecule has 0 radical (unpaired) electrons. The van der Waals surface area contributed by atoms with Crippen LogP contribution in [0.4, 0.5) is 4.79 Å². The minimum absolute atomic E-state index is 0.0272. The molecule has 0 aromatic heterocycles. The molecular weight excluding hydrogens is 230 g/mol. The monoisotopic (exact) mass is 255 g/mol. The highest BCUT2D eigenvalue weighted by Crippen LogP contribution is 2.25. The number of carbonyl (C=O) groups excluding carboxylic acids is 1. The van der Waals surface area contributed by atoms with Gasteiger partial charge in [-0.1, -0.05) is 6.92 Å². The summed E-state index contributed by atoms with van der Waals surface area (Å²) in [4.78, 5) is 16.0. The molecule has 2 N–H and O–H groups in total. The van der Waals surface area contributed by atoms with Gasteiger partial charge in [0.25, 0.3) is 0 Å². The van der Waals surface area contributed by atoms with E-state index in [9.17, 15) is 9.90 Å². The van der Waals surface area contributed by atoms with E-state index in [0.717, 1.165) is 38.5 Å². The SMILES string of the molecule is CCN(CCNC(=O)N1CCCC(O)C1)C1CC1. The Bertz CT molecular complexity index is 281. The number of hydrogen-bond donors (Lipinski definition) is 2. The molecule has 0 bridgehead atoms. The largest absolute Gasteiger partial charge is 0.391 e. The molecule has 1 heterocycles. The summed E-state index contributed by atoms with van der Waals surface area (Å²) in [6.07, 6.45) is 3.98. The molecule has 2 aliphatic rings. The van der Waals surface area contributed by atoms with Crippen molar-refractivity contribution < 1.29 is 9.90 Å². The number of nitrogens with zero attached hydrogens (tertiary/aromatic N) is 2. The fraction of sp³-hybridized carbons (Fsp3) is 0.923. The van der Waals surface area contributed by atoms with Crippen LogP contribution in [0.3, 0.4) is 0 Å². The maximum atomic E-state index is 11.9. The van der Waals surface area contributed by atoms with Crippen molar-refractivity contribution in [2.24, 2.45) is 0 Å². The van der Waals surface area contributed by atoms with Crippen molar-refractivity contribution in [2.45, 2.75) is 44.8 Å². The number of likely N-dealkylation sites (tertiary alicyclic amines) is 1. The molecule has 2 fully saturated rings. The summed E-state index contributed by atoms with van der Waals surface area (Å²) in [5.41, 5.74) is 0. The lowest BCUT2D eigenvalue weighted by Gasteiger charge is -2.30. The van der Waals surface area contributed by atoms with Crippen molar-refractivity contribution in [3.05, 3.63) is 0 Å². The first kappa shape index (κ1) is 13.6. The Hall–Kier alpha value is -0.810. The predicted octanol–water partition coefficient (Wildman–Crippen LogP) is 0.637. The third-order valence-electron chi connectivity index (χ3n) is 3.83. The second kappa shape index (κ2) is 6.38. The Morgan fingerprint density at radius 2 is 2.22 bits per heavy atom. The molecule has 1 aliphatic heterocycles. The van der Waals surface area contributed by atoms with E-state index in [4.69, 9.17) is 0 Å². The lowest BCUT2D eigenvalue weighted by Crippen LogP contribution is -2.48. The second-order valence-electron chi connectivity index (χ2n) is 5.33. The molecule has 0 spiro atoms. The molecule has 104 valence electrons. The number of carbonyl (C=O) groups is 1. The highest BCUT2D eigenvalue weighted by molar-refractivity contribution is 5.74.